The monoisotopic (exact) mass is 343 g/mol. The summed E-state index contributed by atoms with van der Waals surface area (Å²) in [5, 5.41) is 4.99. The highest BCUT2D eigenvalue weighted by molar-refractivity contribution is 5.94. The maximum atomic E-state index is 11.5. The van der Waals surface area contributed by atoms with E-state index >= 15 is 0 Å². The van der Waals surface area contributed by atoms with Crippen molar-refractivity contribution < 1.29 is 23.9 Å². The summed E-state index contributed by atoms with van der Waals surface area (Å²) in [4.78, 5) is 33.0. The van der Waals surface area contributed by atoms with Crippen molar-refractivity contribution in [1.29, 1.82) is 0 Å². The Hall–Kier alpha value is -3.55. The fourth-order valence-electron chi connectivity index (χ4n) is 1.83. The molecule has 8 nitrogen and oxygen atoms in total. The maximum absolute atomic E-state index is 11.5. The van der Waals surface area contributed by atoms with E-state index in [2.05, 4.69) is 10.1 Å². The summed E-state index contributed by atoms with van der Waals surface area (Å²) in [7, 11) is 0. The van der Waals surface area contributed by atoms with Crippen molar-refractivity contribution >= 4 is 29.3 Å². The molecule has 8 heteroatoms. The van der Waals surface area contributed by atoms with Crippen LogP contribution in [0.25, 0.3) is 0 Å². The van der Waals surface area contributed by atoms with Crippen molar-refractivity contribution in [3.63, 3.8) is 0 Å². The van der Waals surface area contributed by atoms with Crippen LogP contribution in [0.3, 0.4) is 0 Å². The van der Waals surface area contributed by atoms with Gasteiger partial charge in [0.05, 0.1) is 0 Å². The zero-order valence-electron chi connectivity index (χ0n) is 13.2. The van der Waals surface area contributed by atoms with E-state index in [1.54, 1.807) is 29.6 Å². The van der Waals surface area contributed by atoms with Crippen LogP contribution in [-0.4, -0.2) is 31.1 Å². The smallest absolute Gasteiger partial charge is 0.344 e. The van der Waals surface area contributed by atoms with E-state index in [4.69, 9.17) is 10.5 Å². The highest BCUT2D eigenvalue weighted by atomic mass is 16.6. The number of hydrogen-bond donors (Lipinski definition) is 3. The number of hydrogen-bond acceptors (Lipinski definition) is 6. The molecule has 3 amide bonds. The van der Waals surface area contributed by atoms with E-state index in [1.807, 2.05) is 30.3 Å². The zero-order chi connectivity index (χ0) is 18.1. The Bertz CT molecular complexity index is 732. The van der Waals surface area contributed by atoms with Gasteiger partial charge in [0, 0.05) is 11.4 Å². The quantitative estimate of drug-likeness (QED) is 0.656. The topological polar surface area (TPSA) is 120 Å². The third-order valence-electron chi connectivity index (χ3n) is 2.90. The summed E-state index contributed by atoms with van der Waals surface area (Å²) in [6.45, 7) is -0.972. The van der Waals surface area contributed by atoms with Crippen molar-refractivity contribution in [2.75, 3.05) is 18.5 Å². The van der Waals surface area contributed by atoms with Crippen LogP contribution in [-0.2, 0) is 14.3 Å². The first-order valence-corrected chi connectivity index (χ1v) is 7.33. The largest absolute Gasteiger partial charge is 0.482 e. The number of amides is 3. The predicted molar refractivity (Wildman–Crippen MR) is 90.3 cm³/mol. The molecular formula is C17H17N3O5. The molecule has 4 N–H and O–H groups in total. The van der Waals surface area contributed by atoms with Crippen molar-refractivity contribution in [3.8, 4) is 5.75 Å². The maximum Gasteiger partial charge on any atom is 0.344 e. The minimum Gasteiger partial charge on any atom is -0.482 e. The molecule has 25 heavy (non-hydrogen) atoms. The van der Waals surface area contributed by atoms with Crippen LogP contribution in [0.4, 0.5) is 16.2 Å². The molecule has 2 rings (SSSR count). The number of ether oxygens (including phenoxy) is 2. The van der Waals surface area contributed by atoms with Gasteiger partial charge in [0.2, 0.25) is 0 Å². The molecular weight excluding hydrogens is 326 g/mol. The molecule has 0 heterocycles. The Balaban J connectivity index is 1.74. The van der Waals surface area contributed by atoms with Crippen LogP contribution in [0.15, 0.2) is 54.6 Å². The van der Waals surface area contributed by atoms with Gasteiger partial charge in [-0.25, -0.2) is 9.59 Å². The van der Waals surface area contributed by atoms with Crippen LogP contribution >= 0.6 is 0 Å². The number of primary amides is 1. The lowest BCUT2D eigenvalue weighted by atomic mass is 10.2. The van der Waals surface area contributed by atoms with Crippen molar-refractivity contribution in [3.05, 3.63) is 54.6 Å². The minimum atomic E-state index is -1.01. The zero-order valence-corrected chi connectivity index (χ0v) is 13.2. The summed E-state index contributed by atoms with van der Waals surface area (Å²) in [6, 6.07) is 15.6. The van der Waals surface area contributed by atoms with Gasteiger partial charge in [-0.2, -0.15) is 0 Å². The van der Waals surface area contributed by atoms with E-state index in [-0.39, 0.29) is 6.61 Å². The van der Waals surface area contributed by atoms with E-state index in [0.717, 1.165) is 11.4 Å². The number of carbonyl (C=O) groups excluding carboxylic acids is 3. The average Bonchev–Trinajstić information content (AvgIpc) is 2.60. The standard InChI is InChI=1S/C17H17N3O5/c18-17(23)20-15(21)10-25-16(22)11-24-14-8-6-13(7-9-14)19-12-4-2-1-3-5-12/h1-9,19H,10-11H2,(H3,18,20,21,23). The van der Waals surface area contributed by atoms with Crippen LogP contribution < -0.4 is 21.1 Å². The number of carbonyl (C=O) groups is 3. The predicted octanol–water partition coefficient (Wildman–Crippen LogP) is 1.55. The van der Waals surface area contributed by atoms with Gasteiger partial charge in [-0.3, -0.25) is 10.1 Å². The summed E-state index contributed by atoms with van der Waals surface area (Å²) < 4.78 is 9.89. The molecule has 2 aromatic rings. The molecule has 2 aromatic carbocycles. The van der Waals surface area contributed by atoms with Crippen molar-refractivity contribution in [2.45, 2.75) is 0 Å². The molecule has 0 aliphatic heterocycles. The van der Waals surface area contributed by atoms with E-state index in [9.17, 15) is 14.4 Å². The number of rotatable bonds is 7. The normalized spacial score (nSPS) is 9.76. The van der Waals surface area contributed by atoms with Gasteiger partial charge in [0.25, 0.3) is 5.91 Å². The molecule has 130 valence electrons. The number of imide groups is 1. The Morgan fingerprint density at radius 3 is 2.16 bits per heavy atom. The molecule has 0 spiro atoms. The SMILES string of the molecule is NC(=O)NC(=O)COC(=O)COc1ccc(Nc2ccccc2)cc1. The molecule has 0 aromatic heterocycles. The fraction of sp³-hybridized carbons (Fsp3) is 0.118. The Morgan fingerprint density at radius 1 is 0.880 bits per heavy atom. The number of benzene rings is 2. The van der Waals surface area contributed by atoms with Gasteiger partial charge in [0.15, 0.2) is 13.2 Å². The second-order valence-corrected chi connectivity index (χ2v) is 4.88. The highest BCUT2D eigenvalue weighted by Crippen LogP contribution is 2.19. The van der Waals surface area contributed by atoms with Gasteiger partial charge in [0.1, 0.15) is 5.75 Å². The lowest BCUT2D eigenvalue weighted by Crippen LogP contribution is -2.38. The van der Waals surface area contributed by atoms with Gasteiger partial charge in [-0.15, -0.1) is 0 Å². The molecule has 0 aliphatic carbocycles. The van der Waals surface area contributed by atoms with Gasteiger partial charge in [-0.1, -0.05) is 18.2 Å². The van der Waals surface area contributed by atoms with Crippen LogP contribution in [0.2, 0.25) is 0 Å². The Labute approximate surface area is 143 Å². The molecule has 0 saturated carbocycles. The molecule has 0 radical (unpaired) electrons. The first-order chi connectivity index (χ1) is 12.0. The third kappa shape index (κ3) is 6.61. The fourth-order valence-corrected chi connectivity index (χ4v) is 1.83. The molecule has 0 fully saturated rings. The molecule has 0 bridgehead atoms. The number of nitrogens with one attached hydrogen (secondary N) is 2. The number of anilines is 2. The van der Waals surface area contributed by atoms with Gasteiger partial charge >= 0.3 is 12.0 Å². The minimum absolute atomic E-state index is 0.366. The van der Waals surface area contributed by atoms with Gasteiger partial charge in [-0.05, 0) is 36.4 Å². The third-order valence-corrected chi connectivity index (χ3v) is 2.90. The lowest BCUT2D eigenvalue weighted by Gasteiger charge is -2.09. The second kappa shape index (κ2) is 8.92. The van der Waals surface area contributed by atoms with Crippen molar-refractivity contribution in [2.24, 2.45) is 5.73 Å². The summed E-state index contributed by atoms with van der Waals surface area (Å²) in [5.74, 6) is -1.08. The van der Waals surface area contributed by atoms with E-state index < -0.39 is 24.5 Å². The van der Waals surface area contributed by atoms with Gasteiger partial charge < -0.3 is 20.5 Å². The van der Waals surface area contributed by atoms with Crippen LogP contribution in [0.1, 0.15) is 0 Å². The second-order valence-electron chi connectivity index (χ2n) is 4.88. The average molecular weight is 343 g/mol. The first-order valence-electron chi connectivity index (χ1n) is 7.33. The van der Waals surface area contributed by atoms with Crippen molar-refractivity contribution in [1.82, 2.24) is 5.32 Å². The molecule has 0 saturated heterocycles. The Kier molecular flexibility index (Phi) is 6.35. The number of urea groups is 1. The number of para-hydroxylation sites is 1. The molecule has 0 aliphatic rings. The first kappa shape index (κ1) is 17.8. The molecule has 0 atom stereocenters. The number of esters is 1. The summed E-state index contributed by atoms with van der Waals surface area (Å²) >= 11 is 0. The van der Waals surface area contributed by atoms with Crippen LogP contribution in [0.5, 0.6) is 5.75 Å². The molecule has 0 unspecified atom stereocenters. The lowest BCUT2D eigenvalue weighted by molar-refractivity contribution is -0.150. The summed E-state index contributed by atoms with van der Waals surface area (Å²) in [6.07, 6.45) is 0. The van der Waals surface area contributed by atoms with Crippen LogP contribution in [0, 0.1) is 0 Å². The summed E-state index contributed by atoms with van der Waals surface area (Å²) in [5.41, 5.74) is 6.57. The highest BCUT2D eigenvalue weighted by Gasteiger charge is 2.09. The van der Waals surface area contributed by atoms with E-state index in [0.29, 0.717) is 5.75 Å². The Morgan fingerprint density at radius 2 is 1.52 bits per heavy atom. The number of nitrogens with two attached hydrogens (primary N) is 1. The van der Waals surface area contributed by atoms with E-state index in [1.165, 1.54) is 0 Å².